The topological polar surface area (TPSA) is 59.0 Å². The molecule has 0 saturated carbocycles. The summed E-state index contributed by atoms with van der Waals surface area (Å²) in [5.41, 5.74) is 2.24. The predicted molar refractivity (Wildman–Crippen MR) is 91.8 cm³/mol. The number of esters is 1. The number of hydrogen-bond acceptors (Lipinski definition) is 5. The number of benzene rings is 1. The Kier molecular flexibility index (Phi) is 3.13. The molecule has 5 heteroatoms. The molecule has 1 N–H and O–H groups in total. The Bertz CT molecular complexity index is 788. The summed E-state index contributed by atoms with van der Waals surface area (Å²) >= 11 is 0. The van der Waals surface area contributed by atoms with Crippen molar-refractivity contribution in [2.45, 2.75) is 49.9 Å². The van der Waals surface area contributed by atoms with Crippen molar-refractivity contribution in [3.05, 3.63) is 35.4 Å². The fourth-order valence-corrected chi connectivity index (χ4v) is 5.50. The van der Waals surface area contributed by atoms with Gasteiger partial charge in [-0.25, -0.2) is 0 Å². The average molecular weight is 341 g/mol. The first-order valence-electron chi connectivity index (χ1n) is 9.16. The second-order valence-corrected chi connectivity index (χ2v) is 7.74. The quantitative estimate of drug-likeness (QED) is 0.505. The van der Waals surface area contributed by atoms with Gasteiger partial charge in [-0.15, -0.1) is 0 Å². The van der Waals surface area contributed by atoms with Crippen molar-refractivity contribution in [2.75, 3.05) is 13.6 Å². The summed E-state index contributed by atoms with van der Waals surface area (Å²) in [7, 11) is 2.19. The molecule has 5 rings (SSSR count). The van der Waals surface area contributed by atoms with E-state index in [9.17, 15) is 9.90 Å². The minimum absolute atomic E-state index is 0.205. The zero-order valence-electron chi connectivity index (χ0n) is 14.6. The molecule has 0 amide bonds. The van der Waals surface area contributed by atoms with Gasteiger partial charge >= 0.3 is 5.97 Å². The van der Waals surface area contributed by atoms with Crippen molar-refractivity contribution in [2.24, 2.45) is 5.92 Å². The van der Waals surface area contributed by atoms with Crippen LogP contribution in [-0.2, 0) is 16.6 Å². The first-order valence-corrected chi connectivity index (χ1v) is 9.16. The fourth-order valence-electron chi connectivity index (χ4n) is 5.50. The van der Waals surface area contributed by atoms with Crippen molar-refractivity contribution in [1.82, 2.24) is 4.90 Å². The van der Waals surface area contributed by atoms with E-state index in [1.54, 1.807) is 6.92 Å². The highest BCUT2D eigenvalue weighted by Crippen LogP contribution is 2.62. The molecule has 1 fully saturated rings. The molecule has 2 bridgehead atoms. The van der Waals surface area contributed by atoms with Gasteiger partial charge in [0.25, 0.3) is 0 Å². The Morgan fingerprint density at radius 1 is 1.44 bits per heavy atom. The van der Waals surface area contributed by atoms with Crippen LogP contribution in [0.1, 0.15) is 30.9 Å². The van der Waals surface area contributed by atoms with Crippen molar-refractivity contribution in [3.63, 3.8) is 0 Å². The zero-order valence-corrected chi connectivity index (χ0v) is 14.6. The number of hydrogen-bond donors (Lipinski definition) is 1. The molecule has 132 valence electrons. The molecular formula is C20H23NO4. The van der Waals surface area contributed by atoms with Crippen LogP contribution >= 0.6 is 0 Å². The summed E-state index contributed by atoms with van der Waals surface area (Å²) in [6.07, 6.45) is 5.38. The third kappa shape index (κ3) is 1.83. The normalized spacial score (nSPS) is 37.4. The Hall–Kier alpha value is -1.85. The van der Waals surface area contributed by atoms with E-state index in [-0.39, 0.29) is 17.5 Å². The highest BCUT2D eigenvalue weighted by molar-refractivity contribution is 5.74. The number of aliphatic hydroxyl groups excluding tert-OH is 1. The molecule has 5 nitrogen and oxygen atoms in total. The standard InChI is InChI=1S/C20H23NO4/c1-3-16(23)24-15-7-4-11-10-13-12-5-6-14(22)19-20(12,8-9-21(13)2)17(11)18(15)25-19/h4-7,12-14,19,22H,3,8-10H2,1-2H3/t12-,13+,14-,19-,20-/m0/s1. The number of rotatable bonds is 2. The summed E-state index contributed by atoms with van der Waals surface area (Å²) in [4.78, 5) is 14.3. The molecular weight excluding hydrogens is 318 g/mol. The van der Waals surface area contributed by atoms with Gasteiger partial charge in [0.05, 0.1) is 0 Å². The maximum Gasteiger partial charge on any atom is 0.311 e. The number of likely N-dealkylation sites (tertiary alicyclic amines) is 1. The van der Waals surface area contributed by atoms with Crippen LogP contribution in [0.4, 0.5) is 0 Å². The first-order chi connectivity index (χ1) is 12.1. The van der Waals surface area contributed by atoms with Gasteiger partial charge in [-0.1, -0.05) is 25.1 Å². The zero-order chi connectivity index (χ0) is 17.3. The number of piperidine rings is 1. The third-order valence-corrected chi connectivity index (χ3v) is 6.65. The van der Waals surface area contributed by atoms with E-state index in [1.807, 2.05) is 12.1 Å². The van der Waals surface area contributed by atoms with Gasteiger partial charge in [0.15, 0.2) is 11.5 Å². The highest BCUT2D eigenvalue weighted by Gasteiger charge is 2.64. The van der Waals surface area contributed by atoms with Crippen LogP contribution < -0.4 is 9.47 Å². The van der Waals surface area contributed by atoms with E-state index in [4.69, 9.17) is 9.47 Å². The van der Waals surface area contributed by atoms with Crippen LogP contribution in [0.15, 0.2) is 24.3 Å². The van der Waals surface area contributed by atoms with E-state index >= 15 is 0 Å². The first kappa shape index (κ1) is 15.4. The maximum absolute atomic E-state index is 11.8. The fraction of sp³-hybridized carbons (Fsp3) is 0.550. The minimum Gasteiger partial charge on any atom is -0.482 e. The molecule has 5 atom stereocenters. The highest BCUT2D eigenvalue weighted by atomic mass is 16.6. The maximum atomic E-state index is 11.8. The molecule has 2 aliphatic carbocycles. The van der Waals surface area contributed by atoms with Gasteiger partial charge in [-0.2, -0.15) is 0 Å². The summed E-state index contributed by atoms with van der Waals surface area (Å²) in [5.74, 6) is 1.24. The lowest BCUT2D eigenvalue weighted by Crippen LogP contribution is -2.64. The number of carbonyl (C=O) groups excluding carboxylic acids is 1. The molecule has 4 aliphatic rings. The molecule has 1 spiro atoms. The lowest BCUT2D eigenvalue weighted by atomic mass is 9.53. The summed E-state index contributed by atoms with van der Waals surface area (Å²) in [6, 6.07) is 4.36. The predicted octanol–water partition coefficient (Wildman–Crippen LogP) is 1.81. The van der Waals surface area contributed by atoms with E-state index in [2.05, 4.69) is 24.1 Å². The molecule has 1 saturated heterocycles. The van der Waals surface area contributed by atoms with Crippen LogP contribution in [0.2, 0.25) is 0 Å². The Balaban J connectivity index is 1.72. The molecule has 2 heterocycles. The smallest absolute Gasteiger partial charge is 0.311 e. The minimum atomic E-state index is -0.631. The largest absolute Gasteiger partial charge is 0.482 e. The van der Waals surface area contributed by atoms with Gasteiger partial charge in [0, 0.05) is 29.4 Å². The van der Waals surface area contributed by atoms with Gasteiger partial charge in [-0.3, -0.25) is 4.79 Å². The molecule has 1 aromatic carbocycles. The van der Waals surface area contributed by atoms with Crippen LogP contribution in [0.3, 0.4) is 0 Å². The molecule has 0 unspecified atom stereocenters. The summed E-state index contributed by atoms with van der Waals surface area (Å²) in [6.45, 7) is 2.77. The number of carbonyl (C=O) groups is 1. The van der Waals surface area contributed by atoms with E-state index in [1.165, 1.54) is 11.1 Å². The van der Waals surface area contributed by atoms with E-state index in [0.29, 0.717) is 29.9 Å². The summed E-state index contributed by atoms with van der Waals surface area (Å²) in [5, 5.41) is 10.6. The van der Waals surface area contributed by atoms with E-state index < -0.39 is 6.10 Å². The monoisotopic (exact) mass is 341 g/mol. The number of aliphatic hydroxyl groups is 1. The van der Waals surface area contributed by atoms with E-state index in [0.717, 1.165) is 19.4 Å². The van der Waals surface area contributed by atoms with Gasteiger partial charge in [0.2, 0.25) is 0 Å². The van der Waals surface area contributed by atoms with Gasteiger partial charge in [0.1, 0.15) is 12.2 Å². The molecule has 0 aromatic heterocycles. The second-order valence-electron chi connectivity index (χ2n) is 7.74. The molecule has 0 radical (unpaired) electrons. The van der Waals surface area contributed by atoms with Crippen LogP contribution in [0, 0.1) is 5.92 Å². The Labute approximate surface area is 147 Å². The van der Waals surface area contributed by atoms with Crippen LogP contribution in [-0.4, -0.2) is 47.8 Å². The van der Waals surface area contributed by atoms with Crippen LogP contribution in [0.25, 0.3) is 0 Å². The van der Waals surface area contributed by atoms with Crippen molar-refractivity contribution < 1.29 is 19.4 Å². The van der Waals surface area contributed by atoms with Crippen molar-refractivity contribution in [1.29, 1.82) is 0 Å². The Morgan fingerprint density at radius 3 is 3.08 bits per heavy atom. The SMILES string of the molecule is CCC(=O)Oc1ccc2c3c1O[C@H]1[C@@H](O)C=C[C@H]4[C@@H](C2)N(C)CC[C@@]341. The number of ether oxygens (including phenoxy) is 2. The number of nitrogens with zero attached hydrogens (tertiary/aromatic N) is 1. The molecule has 1 aromatic rings. The van der Waals surface area contributed by atoms with Gasteiger partial charge < -0.3 is 19.5 Å². The second kappa shape index (κ2) is 5.08. The van der Waals surface area contributed by atoms with Crippen molar-refractivity contribution in [3.8, 4) is 11.5 Å². The Morgan fingerprint density at radius 2 is 2.28 bits per heavy atom. The third-order valence-electron chi connectivity index (χ3n) is 6.65. The molecule has 25 heavy (non-hydrogen) atoms. The lowest BCUT2D eigenvalue weighted by Gasteiger charge is -2.56. The summed E-state index contributed by atoms with van der Waals surface area (Å²) < 4.78 is 11.8. The van der Waals surface area contributed by atoms with Gasteiger partial charge in [-0.05, 0) is 38.1 Å². The molecule has 2 aliphatic heterocycles. The van der Waals surface area contributed by atoms with Crippen LogP contribution in [0.5, 0.6) is 11.5 Å². The average Bonchev–Trinajstić information content (AvgIpc) is 2.96. The lowest BCUT2D eigenvalue weighted by molar-refractivity contribution is -0.134. The van der Waals surface area contributed by atoms with Crippen molar-refractivity contribution >= 4 is 5.97 Å². The number of likely N-dealkylation sites (N-methyl/N-ethyl adjacent to an activating group) is 1.